The first-order chi connectivity index (χ1) is 14.0. The fraction of sp³-hybridized carbons (Fsp3) is 0.417. The lowest BCUT2D eigenvalue weighted by Gasteiger charge is -2.21. The minimum absolute atomic E-state index is 0.0542. The van der Waals surface area contributed by atoms with Gasteiger partial charge in [0.15, 0.2) is 11.6 Å². The van der Waals surface area contributed by atoms with E-state index in [-0.39, 0.29) is 23.4 Å². The van der Waals surface area contributed by atoms with E-state index in [9.17, 15) is 9.59 Å². The van der Waals surface area contributed by atoms with Gasteiger partial charge in [0.05, 0.1) is 5.02 Å². The predicted octanol–water partition coefficient (Wildman–Crippen LogP) is 6.35. The number of carbonyl (C=O) groups is 2. The summed E-state index contributed by atoms with van der Waals surface area (Å²) in [5.74, 6) is 1.51. The minimum atomic E-state index is -0.632. The largest absolute Gasteiger partial charge is 0.456 e. The van der Waals surface area contributed by atoms with Gasteiger partial charge >= 0.3 is 0 Å². The molecule has 3 aliphatic carbocycles. The Labute approximate surface area is 183 Å². The molecule has 0 radical (unpaired) electrons. The second-order valence-corrected chi connectivity index (χ2v) is 9.84. The predicted molar refractivity (Wildman–Crippen MR) is 116 cm³/mol. The number of ether oxygens (including phenoxy) is 1. The number of hydrogen-bond donors (Lipinski definition) is 0. The van der Waals surface area contributed by atoms with Crippen molar-refractivity contribution in [2.24, 2.45) is 23.7 Å². The molecule has 2 aromatic rings. The molecule has 2 aromatic carbocycles. The van der Waals surface area contributed by atoms with Crippen LogP contribution in [0, 0.1) is 23.7 Å². The van der Waals surface area contributed by atoms with E-state index in [2.05, 4.69) is 22.9 Å². The van der Waals surface area contributed by atoms with Crippen molar-refractivity contribution in [1.82, 2.24) is 0 Å². The van der Waals surface area contributed by atoms with E-state index in [0.717, 1.165) is 41.3 Å². The molecule has 3 saturated carbocycles. The fourth-order valence-corrected chi connectivity index (χ4v) is 6.57. The van der Waals surface area contributed by atoms with Gasteiger partial charge in [-0.05, 0) is 79.0 Å². The maximum atomic E-state index is 13.3. The molecule has 1 unspecified atom stereocenters. The first-order valence-corrected chi connectivity index (χ1v) is 11.5. The molecule has 29 heavy (non-hydrogen) atoms. The Morgan fingerprint density at radius 1 is 1.03 bits per heavy atom. The molecule has 0 saturated heterocycles. The van der Waals surface area contributed by atoms with Crippen LogP contribution in [0.5, 0.6) is 11.5 Å². The quantitative estimate of drug-likeness (QED) is 0.486. The first-order valence-electron chi connectivity index (χ1n) is 10.3. The van der Waals surface area contributed by atoms with Crippen molar-refractivity contribution in [2.45, 2.75) is 38.5 Å². The summed E-state index contributed by atoms with van der Waals surface area (Å²) < 4.78 is 6.88. The molecule has 5 atom stereocenters. The lowest BCUT2D eigenvalue weighted by atomic mass is 9.81. The van der Waals surface area contributed by atoms with Crippen LogP contribution in [0.2, 0.25) is 5.02 Å². The van der Waals surface area contributed by atoms with Gasteiger partial charge in [-0.3, -0.25) is 9.59 Å². The van der Waals surface area contributed by atoms with Crippen LogP contribution in [0.15, 0.2) is 40.9 Å². The van der Waals surface area contributed by atoms with E-state index in [1.807, 2.05) is 24.3 Å². The lowest BCUT2D eigenvalue weighted by Crippen LogP contribution is -2.24. The van der Waals surface area contributed by atoms with Gasteiger partial charge in [-0.1, -0.05) is 40.5 Å². The number of Topliss-reactive ketones (excluding diaryl/α,β-unsaturated/α-hetero) is 2. The second kappa shape index (κ2) is 7.24. The number of aryl methyl sites for hydroxylation is 1. The number of fused-ring (bicyclic) bond motifs is 5. The molecule has 3 fully saturated rings. The lowest BCUT2D eigenvalue weighted by molar-refractivity contribution is -0.125. The van der Waals surface area contributed by atoms with Crippen LogP contribution in [0.3, 0.4) is 0 Å². The van der Waals surface area contributed by atoms with E-state index < -0.39 is 5.92 Å². The van der Waals surface area contributed by atoms with E-state index in [0.29, 0.717) is 28.4 Å². The molecule has 5 rings (SSSR count). The van der Waals surface area contributed by atoms with Crippen molar-refractivity contribution >= 4 is 39.1 Å². The van der Waals surface area contributed by atoms with Crippen molar-refractivity contribution in [3.63, 3.8) is 0 Å². The van der Waals surface area contributed by atoms with E-state index in [1.54, 1.807) is 12.1 Å². The summed E-state index contributed by atoms with van der Waals surface area (Å²) in [5, 5.41) is 0.500. The Balaban J connectivity index is 1.50. The summed E-state index contributed by atoms with van der Waals surface area (Å²) in [6, 6.07) is 11.2. The number of halogens is 2. The Bertz CT molecular complexity index is 989. The summed E-state index contributed by atoms with van der Waals surface area (Å²) in [5.41, 5.74) is 1.86. The molecular weight excluding hydrogens is 452 g/mol. The van der Waals surface area contributed by atoms with Crippen LogP contribution in [0.4, 0.5) is 0 Å². The van der Waals surface area contributed by atoms with Crippen molar-refractivity contribution < 1.29 is 14.3 Å². The van der Waals surface area contributed by atoms with Gasteiger partial charge in [-0.25, -0.2) is 0 Å². The summed E-state index contributed by atoms with van der Waals surface area (Å²) in [6.07, 6.45) is 4.03. The van der Waals surface area contributed by atoms with Crippen LogP contribution in [-0.2, 0) is 16.0 Å². The maximum Gasteiger partial charge on any atom is 0.151 e. The number of hydrogen-bond acceptors (Lipinski definition) is 3. The summed E-state index contributed by atoms with van der Waals surface area (Å²) in [6.45, 7) is 2.05. The molecule has 0 heterocycles. The summed E-state index contributed by atoms with van der Waals surface area (Å²) in [7, 11) is 0. The molecular formula is C24H22BrClO3. The molecule has 0 amide bonds. The highest BCUT2D eigenvalue weighted by Gasteiger charge is 2.61. The molecule has 0 aliphatic heterocycles. The van der Waals surface area contributed by atoms with Gasteiger partial charge in [0.25, 0.3) is 0 Å². The zero-order valence-electron chi connectivity index (χ0n) is 16.2. The van der Waals surface area contributed by atoms with Gasteiger partial charge in [0.1, 0.15) is 17.4 Å². The standard InChI is InChI=1S/C24H22BrClO3/c1-2-12-5-7-16(29-19-8-6-15(25)10-18(19)26)11-17(12)22-23(27)20-13-3-4-14(9-13)21(20)24(22)28/h5-8,10-11,13-14,20-22H,2-4,9H2,1H3/t13-,14+,20-,21+,22?. The van der Waals surface area contributed by atoms with Gasteiger partial charge in [-0.2, -0.15) is 0 Å². The normalized spacial score (nSPS) is 30.1. The highest BCUT2D eigenvalue weighted by atomic mass is 79.9. The van der Waals surface area contributed by atoms with Crippen molar-refractivity contribution in [1.29, 1.82) is 0 Å². The topological polar surface area (TPSA) is 43.4 Å². The Morgan fingerprint density at radius 2 is 1.72 bits per heavy atom. The van der Waals surface area contributed by atoms with Gasteiger partial charge in [0, 0.05) is 16.3 Å². The van der Waals surface area contributed by atoms with Gasteiger partial charge in [-0.15, -0.1) is 0 Å². The maximum absolute atomic E-state index is 13.3. The smallest absolute Gasteiger partial charge is 0.151 e. The zero-order valence-corrected chi connectivity index (χ0v) is 18.5. The number of benzene rings is 2. The number of rotatable bonds is 4. The molecule has 3 nitrogen and oxygen atoms in total. The number of carbonyl (C=O) groups excluding carboxylic acids is 2. The van der Waals surface area contributed by atoms with E-state index in [1.165, 1.54) is 0 Å². The van der Waals surface area contributed by atoms with Crippen LogP contribution < -0.4 is 4.74 Å². The third-order valence-corrected chi connectivity index (χ3v) is 7.86. The van der Waals surface area contributed by atoms with E-state index >= 15 is 0 Å². The molecule has 0 spiro atoms. The monoisotopic (exact) mass is 472 g/mol. The SMILES string of the molecule is CCc1ccc(Oc2ccc(Br)cc2Cl)cc1C1C(=O)[C@@H]2[C@@H]3CC[C@@H](C3)[C@@H]2C1=O. The Hall–Kier alpha value is -1.65. The van der Waals surface area contributed by atoms with Crippen molar-refractivity contribution in [3.05, 3.63) is 57.0 Å². The summed E-state index contributed by atoms with van der Waals surface area (Å²) >= 11 is 9.68. The molecule has 3 aliphatic rings. The number of ketones is 2. The second-order valence-electron chi connectivity index (χ2n) is 8.51. The molecule has 2 bridgehead atoms. The molecule has 0 aromatic heterocycles. The van der Waals surface area contributed by atoms with Crippen LogP contribution in [-0.4, -0.2) is 11.6 Å². The van der Waals surface area contributed by atoms with Gasteiger partial charge in [0.2, 0.25) is 0 Å². The van der Waals surface area contributed by atoms with Gasteiger partial charge < -0.3 is 4.74 Å². The third kappa shape index (κ3) is 3.07. The van der Waals surface area contributed by atoms with E-state index in [4.69, 9.17) is 16.3 Å². The third-order valence-electron chi connectivity index (χ3n) is 7.07. The fourth-order valence-electron chi connectivity index (χ4n) is 5.85. The van der Waals surface area contributed by atoms with Crippen molar-refractivity contribution in [3.8, 4) is 11.5 Å². The molecule has 0 N–H and O–H groups in total. The highest BCUT2D eigenvalue weighted by molar-refractivity contribution is 9.10. The Kier molecular flexibility index (Phi) is 4.83. The average Bonchev–Trinajstić information content (AvgIpc) is 3.38. The minimum Gasteiger partial charge on any atom is -0.456 e. The Morgan fingerprint density at radius 3 is 2.34 bits per heavy atom. The highest BCUT2D eigenvalue weighted by Crippen LogP contribution is 2.59. The molecule has 5 heteroatoms. The van der Waals surface area contributed by atoms with Crippen molar-refractivity contribution in [2.75, 3.05) is 0 Å². The van der Waals surface area contributed by atoms with Crippen LogP contribution in [0.1, 0.15) is 43.2 Å². The zero-order chi connectivity index (χ0) is 20.3. The summed E-state index contributed by atoms with van der Waals surface area (Å²) in [4.78, 5) is 26.7. The van der Waals surface area contributed by atoms with Crippen LogP contribution in [0.25, 0.3) is 0 Å². The first kappa shape index (κ1) is 19.3. The van der Waals surface area contributed by atoms with Crippen LogP contribution >= 0.6 is 27.5 Å². The molecule has 150 valence electrons. The average molecular weight is 474 g/mol.